The van der Waals surface area contributed by atoms with E-state index in [0.29, 0.717) is 11.2 Å². The molecule has 2 rings (SSSR count). The van der Waals surface area contributed by atoms with Gasteiger partial charge in [0.05, 0.1) is 4.88 Å². The molecule has 0 spiro atoms. The molecule has 5 nitrogen and oxygen atoms in total. The summed E-state index contributed by atoms with van der Waals surface area (Å²) in [4.78, 5) is 23.3. The first-order valence-corrected chi connectivity index (χ1v) is 6.84. The van der Waals surface area contributed by atoms with Gasteiger partial charge in [0.2, 0.25) is 0 Å². The Balaban J connectivity index is 2.11. The van der Waals surface area contributed by atoms with Crippen molar-refractivity contribution in [3.8, 4) is 5.75 Å². The summed E-state index contributed by atoms with van der Waals surface area (Å²) >= 11 is 1.28. The highest BCUT2D eigenvalue weighted by Gasteiger charge is 2.12. The molecule has 0 atom stereocenters. The number of hydrogen-bond donors (Lipinski definition) is 2. The number of hydrazine groups is 1. The second-order valence-electron chi connectivity index (χ2n) is 4.26. The minimum atomic E-state index is -0.604. The molecule has 0 fully saturated rings. The first kappa shape index (κ1) is 15.1. The third-order valence-electron chi connectivity index (χ3n) is 2.85. The number of benzene rings is 1. The van der Waals surface area contributed by atoms with E-state index in [1.807, 2.05) is 6.92 Å². The van der Waals surface area contributed by atoms with Crippen LogP contribution in [0, 0.1) is 12.7 Å². The fourth-order valence-corrected chi connectivity index (χ4v) is 2.64. The van der Waals surface area contributed by atoms with Crippen LogP contribution in [0.3, 0.4) is 0 Å². The Hall–Kier alpha value is -2.25. The highest BCUT2D eigenvalue weighted by molar-refractivity contribution is 7.14. The Kier molecular flexibility index (Phi) is 4.66. The summed E-state index contributed by atoms with van der Waals surface area (Å²) in [6.45, 7) is 1.96. The summed E-state index contributed by atoms with van der Waals surface area (Å²) in [5.74, 6) is 4.14. The average Bonchev–Trinajstić information content (AvgIpc) is 2.86. The normalized spacial score (nSPS) is 10.2. The van der Waals surface area contributed by atoms with Gasteiger partial charge >= 0.3 is 0 Å². The minimum absolute atomic E-state index is 0.0519. The van der Waals surface area contributed by atoms with Crippen LogP contribution in [0.1, 0.15) is 30.5 Å². The van der Waals surface area contributed by atoms with Crippen LogP contribution in [0.2, 0.25) is 0 Å². The smallest absolute Gasteiger partial charge is 0.275 e. The zero-order chi connectivity index (χ0) is 15.4. The molecule has 0 aliphatic carbocycles. The molecule has 0 unspecified atom stereocenters. The summed E-state index contributed by atoms with van der Waals surface area (Å²) < 4.78 is 19.0. The Bertz CT molecular complexity index is 685. The SMILES string of the molecule is Cc1sc(C(=O)NN)cc1COc1ccc(C=O)cc1F. The molecule has 0 saturated carbocycles. The van der Waals surface area contributed by atoms with E-state index in [0.717, 1.165) is 16.5 Å². The van der Waals surface area contributed by atoms with E-state index < -0.39 is 5.82 Å². The van der Waals surface area contributed by atoms with Crippen LogP contribution in [0.5, 0.6) is 5.75 Å². The number of hydrogen-bond acceptors (Lipinski definition) is 5. The number of carbonyl (C=O) groups excluding carboxylic acids is 2. The maximum absolute atomic E-state index is 13.7. The van der Waals surface area contributed by atoms with Crippen molar-refractivity contribution >= 4 is 23.5 Å². The molecular weight excluding hydrogens is 295 g/mol. The van der Waals surface area contributed by atoms with Gasteiger partial charge in [-0.05, 0) is 31.2 Å². The van der Waals surface area contributed by atoms with Gasteiger partial charge in [0, 0.05) is 16.0 Å². The van der Waals surface area contributed by atoms with E-state index in [1.165, 1.54) is 23.5 Å². The third kappa shape index (κ3) is 3.45. The number of thiophene rings is 1. The van der Waals surface area contributed by atoms with Crippen molar-refractivity contribution in [1.82, 2.24) is 5.43 Å². The molecule has 0 aliphatic heterocycles. The lowest BCUT2D eigenvalue weighted by atomic mass is 10.2. The number of nitrogen functional groups attached to an aromatic ring is 1. The summed E-state index contributed by atoms with van der Waals surface area (Å²) in [6.07, 6.45) is 0.563. The van der Waals surface area contributed by atoms with Crippen molar-refractivity contribution in [3.05, 3.63) is 51.0 Å². The molecule has 2 aromatic rings. The molecule has 1 aromatic carbocycles. The monoisotopic (exact) mass is 308 g/mol. The van der Waals surface area contributed by atoms with Gasteiger partial charge in [0.25, 0.3) is 5.91 Å². The Morgan fingerprint density at radius 1 is 1.48 bits per heavy atom. The van der Waals surface area contributed by atoms with Gasteiger partial charge in [-0.3, -0.25) is 15.0 Å². The van der Waals surface area contributed by atoms with E-state index in [2.05, 4.69) is 5.43 Å². The fraction of sp³-hybridized carbons (Fsp3) is 0.143. The summed E-state index contributed by atoms with van der Waals surface area (Å²) in [5, 5.41) is 0. The molecule has 7 heteroatoms. The predicted molar refractivity (Wildman–Crippen MR) is 76.8 cm³/mol. The van der Waals surface area contributed by atoms with Gasteiger partial charge in [0.1, 0.15) is 12.9 Å². The quantitative estimate of drug-likeness (QED) is 0.384. The fourth-order valence-electron chi connectivity index (χ4n) is 1.71. The van der Waals surface area contributed by atoms with Gasteiger partial charge in [0.15, 0.2) is 11.6 Å². The van der Waals surface area contributed by atoms with Crippen molar-refractivity contribution in [2.75, 3.05) is 0 Å². The van der Waals surface area contributed by atoms with E-state index in [9.17, 15) is 14.0 Å². The van der Waals surface area contributed by atoms with Crippen LogP contribution in [0.4, 0.5) is 4.39 Å². The molecule has 21 heavy (non-hydrogen) atoms. The number of nitrogens with one attached hydrogen (secondary N) is 1. The molecule has 0 bridgehead atoms. The number of ether oxygens (including phenoxy) is 1. The lowest BCUT2D eigenvalue weighted by Crippen LogP contribution is -2.29. The number of halogens is 1. The number of aldehydes is 1. The molecule has 1 aromatic heterocycles. The zero-order valence-electron chi connectivity index (χ0n) is 11.2. The van der Waals surface area contributed by atoms with Gasteiger partial charge in [-0.1, -0.05) is 0 Å². The molecule has 110 valence electrons. The number of nitrogens with two attached hydrogens (primary N) is 1. The molecule has 0 saturated heterocycles. The van der Waals surface area contributed by atoms with Gasteiger partial charge in [-0.2, -0.15) is 0 Å². The van der Waals surface area contributed by atoms with Crippen molar-refractivity contribution in [3.63, 3.8) is 0 Å². The van der Waals surface area contributed by atoms with Crippen molar-refractivity contribution in [2.24, 2.45) is 5.84 Å². The van der Waals surface area contributed by atoms with E-state index in [4.69, 9.17) is 10.6 Å². The largest absolute Gasteiger partial charge is 0.486 e. The van der Waals surface area contributed by atoms with Crippen LogP contribution < -0.4 is 16.0 Å². The number of amides is 1. The minimum Gasteiger partial charge on any atom is -0.486 e. The maximum atomic E-state index is 13.7. The number of rotatable bonds is 5. The number of carbonyl (C=O) groups is 2. The topological polar surface area (TPSA) is 81.4 Å². The summed E-state index contributed by atoms with van der Waals surface area (Å²) in [5.41, 5.74) is 3.07. The molecular formula is C14H13FN2O3S. The van der Waals surface area contributed by atoms with Crippen LogP contribution in [-0.2, 0) is 6.61 Å². The van der Waals surface area contributed by atoms with Crippen LogP contribution in [0.15, 0.2) is 24.3 Å². The molecule has 1 heterocycles. The highest BCUT2D eigenvalue weighted by Crippen LogP contribution is 2.24. The van der Waals surface area contributed by atoms with Crippen molar-refractivity contribution < 1.29 is 18.7 Å². The van der Waals surface area contributed by atoms with Gasteiger partial charge < -0.3 is 4.74 Å². The van der Waals surface area contributed by atoms with Crippen LogP contribution >= 0.6 is 11.3 Å². The van der Waals surface area contributed by atoms with Gasteiger partial charge in [-0.25, -0.2) is 10.2 Å². The predicted octanol–water partition coefficient (Wildman–Crippen LogP) is 2.19. The standard InChI is InChI=1S/C14H13FN2O3S/c1-8-10(5-13(21-8)14(19)17-16)7-20-12-3-2-9(6-18)4-11(12)15/h2-6H,7,16H2,1H3,(H,17,19). The van der Waals surface area contributed by atoms with E-state index >= 15 is 0 Å². The average molecular weight is 308 g/mol. The second kappa shape index (κ2) is 6.47. The van der Waals surface area contributed by atoms with Crippen LogP contribution in [0.25, 0.3) is 0 Å². The highest BCUT2D eigenvalue weighted by atomic mass is 32.1. The molecule has 1 amide bonds. The van der Waals surface area contributed by atoms with E-state index in [-0.39, 0.29) is 23.8 Å². The third-order valence-corrected chi connectivity index (χ3v) is 3.94. The molecule has 0 aliphatic rings. The second-order valence-corrected chi connectivity index (χ2v) is 5.52. The van der Waals surface area contributed by atoms with Crippen LogP contribution in [-0.4, -0.2) is 12.2 Å². The van der Waals surface area contributed by atoms with Crippen molar-refractivity contribution in [1.29, 1.82) is 0 Å². The molecule has 3 N–H and O–H groups in total. The van der Waals surface area contributed by atoms with Crippen molar-refractivity contribution in [2.45, 2.75) is 13.5 Å². The zero-order valence-corrected chi connectivity index (χ0v) is 12.0. The Labute approximate surface area is 124 Å². The first-order valence-electron chi connectivity index (χ1n) is 6.03. The van der Waals surface area contributed by atoms with E-state index in [1.54, 1.807) is 6.07 Å². The maximum Gasteiger partial charge on any atom is 0.275 e. The summed E-state index contributed by atoms with van der Waals surface area (Å²) in [7, 11) is 0. The Morgan fingerprint density at radius 3 is 2.86 bits per heavy atom. The van der Waals surface area contributed by atoms with Gasteiger partial charge in [-0.15, -0.1) is 11.3 Å². The molecule has 0 radical (unpaired) electrons. The number of aryl methyl sites for hydroxylation is 1. The first-order chi connectivity index (χ1) is 10.0. The summed E-state index contributed by atoms with van der Waals surface area (Å²) in [6, 6.07) is 5.63. The lowest BCUT2D eigenvalue weighted by molar-refractivity contribution is 0.0957. The Morgan fingerprint density at radius 2 is 2.24 bits per heavy atom. The lowest BCUT2D eigenvalue weighted by Gasteiger charge is -2.07.